The molecule has 1 aliphatic rings. The highest BCUT2D eigenvalue weighted by Crippen LogP contribution is 2.26. The van der Waals surface area contributed by atoms with Gasteiger partial charge < -0.3 is 14.8 Å². The van der Waals surface area contributed by atoms with Gasteiger partial charge in [0.25, 0.3) is 5.79 Å². The molecular formula is C17H16ClN3O4. The molecule has 0 aliphatic carbocycles. The summed E-state index contributed by atoms with van der Waals surface area (Å²) in [6.07, 6.45) is 4.82. The van der Waals surface area contributed by atoms with E-state index in [1.807, 2.05) is 13.1 Å². The first-order valence-corrected chi connectivity index (χ1v) is 7.87. The maximum Gasteiger partial charge on any atom is 0.350 e. The van der Waals surface area contributed by atoms with Crippen molar-refractivity contribution in [3.05, 3.63) is 53.0 Å². The van der Waals surface area contributed by atoms with E-state index >= 15 is 0 Å². The first-order valence-electron chi connectivity index (χ1n) is 7.50. The second-order valence-electron chi connectivity index (χ2n) is 6.01. The molecule has 0 atom stereocenters. The van der Waals surface area contributed by atoms with Crippen molar-refractivity contribution in [3.8, 4) is 5.69 Å². The maximum atomic E-state index is 11.9. The quantitative estimate of drug-likeness (QED) is 0.514. The topological polar surface area (TPSA) is 82.5 Å². The van der Waals surface area contributed by atoms with Crippen LogP contribution in [0.1, 0.15) is 19.4 Å². The number of carbonyl (C=O) groups excluding carboxylic acids is 2. The Morgan fingerprint density at radius 3 is 2.48 bits per heavy atom. The predicted octanol–water partition coefficient (Wildman–Crippen LogP) is 2.97. The van der Waals surface area contributed by atoms with Crippen LogP contribution in [0.4, 0.5) is 5.69 Å². The molecule has 1 N–H and O–H groups in total. The zero-order chi connectivity index (χ0) is 18.2. The smallest absolute Gasteiger partial charge is 0.350 e. The van der Waals surface area contributed by atoms with Gasteiger partial charge in [0.2, 0.25) is 0 Å². The minimum atomic E-state index is -1.27. The van der Waals surface area contributed by atoms with Crippen LogP contribution in [0.3, 0.4) is 0 Å². The lowest BCUT2D eigenvalue weighted by Gasteiger charge is -2.29. The Bertz CT molecular complexity index is 864. The molecule has 1 aromatic heterocycles. The molecule has 0 unspecified atom stereocenters. The van der Waals surface area contributed by atoms with Gasteiger partial charge in [0, 0.05) is 31.9 Å². The molecule has 2 aromatic rings. The normalized spacial score (nSPS) is 16.2. The van der Waals surface area contributed by atoms with Crippen LogP contribution in [-0.4, -0.2) is 27.5 Å². The highest BCUT2D eigenvalue weighted by molar-refractivity contribution is 6.32. The van der Waals surface area contributed by atoms with Crippen molar-refractivity contribution in [2.45, 2.75) is 26.6 Å². The Balaban J connectivity index is 1.79. The number of carbonyl (C=O) groups is 2. The lowest BCUT2D eigenvalue weighted by atomic mass is 10.2. The number of nitrogens with zero attached hydrogens (tertiary/aromatic N) is 2. The fourth-order valence-corrected chi connectivity index (χ4v) is 2.53. The van der Waals surface area contributed by atoms with Gasteiger partial charge in [0.05, 0.1) is 16.9 Å². The number of aromatic nitrogens is 2. The van der Waals surface area contributed by atoms with Crippen LogP contribution in [0, 0.1) is 6.92 Å². The van der Waals surface area contributed by atoms with Crippen molar-refractivity contribution in [2.75, 3.05) is 5.32 Å². The fourth-order valence-electron chi connectivity index (χ4n) is 2.26. The molecule has 25 heavy (non-hydrogen) atoms. The Hall–Kier alpha value is -2.80. The van der Waals surface area contributed by atoms with Crippen LogP contribution in [0.2, 0.25) is 5.02 Å². The van der Waals surface area contributed by atoms with E-state index in [-0.39, 0.29) is 5.57 Å². The van der Waals surface area contributed by atoms with E-state index in [0.717, 1.165) is 5.56 Å². The van der Waals surface area contributed by atoms with Gasteiger partial charge in [-0.15, -0.1) is 0 Å². The third-order valence-corrected chi connectivity index (χ3v) is 3.71. The Labute approximate surface area is 149 Å². The first-order chi connectivity index (χ1) is 11.7. The zero-order valence-corrected chi connectivity index (χ0v) is 14.6. The van der Waals surface area contributed by atoms with Crippen molar-refractivity contribution >= 4 is 29.2 Å². The molecule has 3 rings (SSSR count). The Kier molecular flexibility index (Phi) is 4.26. The zero-order valence-electron chi connectivity index (χ0n) is 13.9. The van der Waals surface area contributed by atoms with E-state index in [1.54, 1.807) is 29.1 Å². The van der Waals surface area contributed by atoms with Gasteiger partial charge in [-0.2, -0.15) is 5.10 Å². The van der Waals surface area contributed by atoms with Crippen LogP contribution in [0.15, 0.2) is 42.4 Å². The van der Waals surface area contributed by atoms with Crippen LogP contribution in [-0.2, 0) is 19.1 Å². The molecule has 1 saturated heterocycles. The molecular weight excluding hydrogens is 346 g/mol. The number of aryl methyl sites for hydroxylation is 1. The van der Waals surface area contributed by atoms with Gasteiger partial charge in [0.15, 0.2) is 5.57 Å². The van der Waals surface area contributed by atoms with Gasteiger partial charge in [-0.3, -0.25) is 0 Å². The van der Waals surface area contributed by atoms with E-state index in [2.05, 4.69) is 10.4 Å². The largest absolute Gasteiger partial charge is 0.419 e. The Morgan fingerprint density at radius 2 is 1.92 bits per heavy atom. The van der Waals surface area contributed by atoms with Crippen LogP contribution in [0.25, 0.3) is 5.69 Å². The molecule has 0 bridgehead atoms. The van der Waals surface area contributed by atoms with Crippen molar-refractivity contribution in [3.63, 3.8) is 0 Å². The second-order valence-corrected chi connectivity index (χ2v) is 6.42. The number of halogens is 1. The molecule has 0 spiro atoms. The first kappa shape index (κ1) is 17.0. The van der Waals surface area contributed by atoms with Crippen LogP contribution < -0.4 is 5.32 Å². The van der Waals surface area contributed by atoms with Gasteiger partial charge >= 0.3 is 11.9 Å². The molecule has 7 nitrogen and oxygen atoms in total. The van der Waals surface area contributed by atoms with Crippen LogP contribution in [0.5, 0.6) is 0 Å². The summed E-state index contributed by atoms with van der Waals surface area (Å²) in [5.41, 5.74) is 2.10. The van der Waals surface area contributed by atoms with E-state index in [1.165, 1.54) is 20.0 Å². The monoisotopic (exact) mass is 361 g/mol. The van der Waals surface area contributed by atoms with Crippen molar-refractivity contribution < 1.29 is 19.1 Å². The van der Waals surface area contributed by atoms with Gasteiger partial charge in [-0.25, -0.2) is 14.3 Å². The third kappa shape index (κ3) is 3.66. The molecule has 0 amide bonds. The van der Waals surface area contributed by atoms with Gasteiger partial charge in [-0.1, -0.05) is 11.6 Å². The molecule has 1 aliphatic heterocycles. The number of anilines is 1. The molecule has 0 radical (unpaired) electrons. The number of nitrogens with one attached hydrogen (secondary N) is 1. The molecule has 8 heteroatoms. The summed E-state index contributed by atoms with van der Waals surface area (Å²) in [6.45, 7) is 4.91. The summed E-state index contributed by atoms with van der Waals surface area (Å²) in [5.74, 6) is -2.76. The SMILES string of the molecule is Cc1cnn(-c2ccc(NC=C3C(=O)OC(C)(C)OC3=O)cc2Cl)c1. The molecule has 2 heterocycles. The van der Waals surface area contributed by atoms with Crippen molar-refractivity contribution in [2.24, 2.45) is 0 Å². The third-order valence-electron chi connectivity index (χ3n) is 3.41. The number of hydrogen-bond acceptors (Lipinski definition) is 6. The lowest BCUT2D eigenvalue weighted by molar-refractivity contribution is -0.222. The summed E-state index contributed by atoms with van der Waals surface area (Å²) in [4.78, 5) is 23.8. The Morgan fingerprint density at radius 1 is 1.24 bits per heavy atom. The second kappa shape index (κ2) is 6.25. The number of hydrogen-bond donors (Lipinski definition) is 1. The van der Waals surface area contributed by atoms with Gasteiger partial charge in [0.1, 0.15) is 0 Å². The number of rotatable bonds is 3. The van der Waals surface area contributed by atoms with Crippen LogP contribution >= 0.6 is 11.6 Å². The predicted molar refractivity (Wildman–Crippen MR) is 91.3 cm³/mol. The summed E-state index contributed by atoms with van der Waals surface area (Å²) in [6, 6.07) is 5.18. The maximum absolute atomic E-state index is 11.9. The summed E-state index contributed by atoms with van der Waals surface area (Å²) in [7, 11) is 0. The molecule has 1 fully saturated rings. The summed E-state index contributed by atoms with van der Waals surface area (Å²) < 4.78 is 11.7. The highest BCUT2D eigenvalue weighted by atomic mass is 35.5. The number of benzene rings is 1. The minimum Gasteiger partial charge on any atom is -0.419 e. The molecule has 1 aromatic carbocycles. The molecule has 0 saturated carbocycles. The van der Waals surface area contributed by atoms with E-state index in [4.69, 9.17) is 21.1 Å². The summed E-state index contributed by atoms with van der Waals surface area (Å²) >= 11 is 6.28. The van der Waals surface area contributed by atoms with E-state index in [9.17, 15) is 9.59 Å². The molecule has 130 valence electrons. The van der Waals surface area contributed by atoms with Crippen molar-refractivity contribution in [1.82, 2.24) is 9.78 Å². The van der Waals surface area contributed by atoms with Crippen molar-refractivity contribution in [1.29, 1.82) is 0 Å². The van der Waals surface area contributed by atoms with E-state index < -0.39 is 17.7 Å². The minimum absolute atomic E-state index is 0.220. The average molecular weight is 362 g/mol. The van der Waals surface area contributed by atoms with Gasteiger partial charge in [-0.05, 0) is 30.7 Å². The standard InChI is InChI=1S/C17H16ClN3O4/c1-10-7-20-21(9-10)14-5-4-11(6-13(14)18)19-8-12-15(22)24-17(2,3)25-16(12)23/h4-9,19H,1-3H3. The fraction of sp³-hybridized carbons (Fsp3) is 0.235. The summed E-state index contributed by atoms with van der Waals surface area (Å²) in [5, 5.41) is 7.52. The lowest BCUT2D eigenvalue weighted by Crippen LogP contribution is -2.42. The van der Waals surface area contributed by atoms with E-state index in [0.29, 0.717) is 16.4 Å². The number of cyclic esters (lactones) is 2. The highest BCUT2D eigenvalue weighted by Gasteiger charge is 2.38. The number of ether oxygens (including phenoxy) is 2. The average Bonchev–Trinajstić information content (AvgIpc) is 2.91. The number of esters is 2.